The minimum absolute atomic E-state index is 0.170. The zero-order valence-corrected chi connectivity index (χ0v) is 18.1. The Kier molecular flexibility index (Phi) is 9.60. The molecule has 1 atom stereocenters. The van der Waals surface area contributed by atoms with Crippen LogP contribution in [0.2, 0.25) is 0 Å². The van der Waals surface area contributed by atoms with Crippen molar-refractivity contribution in [2.45, 2.75) is 40.0 Å². The highest BCUT2D eigenvalue weighted by molar-refractivity contribution is 5.79. The average molecular weight is 412 g/mol. The fourth-order valence-electron chi connectivity index (χ4n) is 3.45. The van der Waals surface area contributed by atoms with Gasteiger partial charge in [0.25, 0.3) is 0 Å². The number of aliphatic imine (C=N–C) groups is 1. The monoisotopic (exact) mass is 411 g/mol. The number of likely N-dealkylation sites (N-methyl/N-ethyl adjacent to an activating group) is 1. The third kappa shape index (κ3) is 7.78. The first-order valence-corrected chi connectivity index (χ1v) is 10.4. The molecule has 8 heteroatoms. The summed E-state index contributed by atoms with van der Waals surface area (Å²) in [6.07, 6.45) is 0. The molecule has 2 rings (SSSR count). The standard InChI is InChI=1S/C21H35F2N5O/c1-5-24-21(25-15-17(3)28-13-11-27(6-2)12-14-28)26(4)16-18-7-9-19(10-8-18)29-20(22)23/h7-10,17,20H,5-6,11-16H2,1-4H3,(H,24,25). The van der Waals surface area contributed by atoms with Crippen molar-refractivity contribution < 1.29 is 13.5 Å². The molecule has 0 bridgehead atoms. The van der Waals surface area contributed by atoms with E-state index < -0.39 is 6.61 Å². The fourth-order valence-corrected chi connectivity index (χ4v) is 3.45. The SMILES string of the molecule is CCNC(=NCC(C)N1CCN(CC)CC1)N(C)Cc1ccc(OC(F)F)cc1. The normalized spacial score (nSPS) is 17.4. The molecule has 1 heterocycles. The summed E-state index contributed by atoms with van der Waals surface area (Å²) in [6.45, 7) is 11.4. The molecule has 0 aromatic heterocycles. The molecule has 1 aliphatic rings. The van der Waals surface area contributed by atoms with Gasteiger partial charge in [0.05, 0.1) is 6.54 Å². The summed E-state index contributed by atoms with van der Waals surface area (Å²) in [5, 5.41) is 3.34. The molecule has 1 fully saturated rings. The fraction of sp³-hybridized carbons (Fsp3) is 0.667. The van der Waals surface area contributed by atoms with Crippen LogP contribution in [-0.4, -0.2) is 86.2 Å². The second kappa shape index (κ2) is 11.9. The molecule has 1 unspecified atom stereocenters. The number of piperazine rings is 1. The Labute approximate surface area is 173 Å². The molecule has 0 amide bonds. The minimum atomic E-state index is -2.80. The van der Waals surface area contributed by atoms with Gasteiger partial charge in [0.15, 0.2) is 5.96 Å². The van der Waals surface area contributed by atoms with E-state index in [0.29, 0.717) is 12.6 Å². The van der Waals surface area contributed by atoms with Crippen LogP contribution in [0.25, 0.3) is 0 Å². The number of hydrogen-bond acceptors (Lipinski definition) is 4. The first kappa shape index (κ1) is 23.3. The van der Waals surface area contributed by atoms with Gasteiger partial charge in [0.2, 0.25) is 0 Å². The maximum absolute atomic E-state index is 12.3. The average Bonchev–Trinajstić information content (AvgIpc) is 2.72. The Morgan fingerprint density at radius 1 is 1.17 bits per heavy atom. The second-order valence-electron chi connectivity index (χ2n) is 7.39. The number of guanidine groups is 1. The van der Waals surface area contributed by atoms with Gasteiger partial charge >= 0.3 is 6.61 Å². The highest BCUT2D eigenvalue weighted by Gasteiger charge is 2.20. The highest BCUT2D eigenvalue weighted by Crippen LogP contribution is 2.16. The van der Waals surface area contributed by atoms with Gasteiger partial charge < -0.3 is 19.9 Å². The largest absolute Gasteiger partial charge is 0.435 e. The van der Waals surface area contributed by atoms with Gasteiger partial charge in [-0.1, -0.05) is 19.1 Å². The number of ether oxygens (including phenoxy) is 1. The molecule has 0 radical (unpaired) electrons. The van der Waals surface area contributed by atoms with Crippen molar-refractivity contribution in [2.75, 3.05) is 52.9 Å². The first-order valence-electron chi connectivity index (χ1n) is 10.4. The Morgan fingerprint density at radius 2 is 1.83 bits per heavy atom. The predicted molar refractivity (Wildman–Crippen MR) is 114 cm³/mol. The molecule has 1 saturated heterocycles. The summed E-state index contributed by atoms with van der Waals surface area (Å²) in [6, 6.07) is 7.12. The molecule has 1 aromatic rings. The van der Waals surface area contributed by atoms with E-state index in [1.54, 1.807) is 24.3 Å². The molecular formula is C21H35F2N5O. The lowest BCUT2D eigenvalue weighted by Gasteiger charge is -2.37. The third-order valence-corrected chi connectivity index (χ3v) is 5.25. The zero-order chi connectivity index (χ0) is 21.2. The van der Waals surface area contributed by atoms with Crippen molar-refractivity contribution in [1.82, 2.24) is 20.0 Å². The van der Waals surface area contributed by atoms with Gasteiger partial charge in [-0.2, -0.15) is 8.78 Å². The molecule has 29 heavy (non-hydrogen) atoms. The van der Waals surface area contributed by atoms with Crippen molar-refractivity contribution in [1.29, 1.82) is 0 Å². The van der Waals surface area contributed by atoms with E-state index in [0.717, 1.165) is 57.3 Å². The molecule has 1 N–H and O–H groups in total. The maximum Gasteiger partial charge on any atom is 0.387 e. The number of alkyl halides is 2. The van der Waals surface area contributed by atoms with Crippen LogP contribution in [0.4, 0.5) is 8.78 Å². The number of nitrogens with one attached hydrogen (secondary N) is 1. The molecule has 6 nitrogen and oxygen atoms in total. The van der Waals surface area contributed by atoms with Crippen LogP contribution in [0.5, 0.6) is 5.75 Å². The maximum atomic E-state index is 12.3. The summed E-state index contributed by atoms with van der Waals surface area (Å²) >= 11 is 0. The summed E-state index contributed by atoms with van der Waals surface area (Å²) < 4.78 is 29.0. The van der Waals surface area contributed by atoms with Crippen LogP contribution in [0.3, 0.4) is 0 Å². The summed E-state index contributed by atoms with van der Waals surface area (Å²) in [5.41, 5.74) is 1.00. The van der Waals surface area contributed by atoms with E-state index >= 15 is 0 Å². The molecule has 1 aromatic carbocycles. The van der Waals surface area contributed by atoms with Gasteiger partial charge in [-0.25, -0.2) is 0 Å². The molecule has 164 valence electrons. The highest BCUT2D eigenvalue weighted by atomic mass is 19.3. The van der Waals surface area contributed by atoms with Crippen molar-refractivity contribution in [3.8, 4) is 5.75 Å². The number of rotatable bonds is 9. The lowest BCUT2D eigenvalue weighted by molar-refractivity contribution is -0.0498. The van der Waals surface area contributed by atoms with Crippen molar-refractivity contribution >= 4 is 5.96 Å². The van der Waals surface area contributed by atoms with E-state index in [1.807, 2.05) is 18.9 Å². The van der Waals surface area contributed by atoms with Crippen LogP contribution in [-0.2, 0) is 6.54 Å². The van der Waals surface area contributed by atoms with E-state index in [4.69, 9.17) is 4.99 Å². The van der Waals surface area contributed by atoms with E-state index in [9.17, 15) is 8.78 Å². The van der Waals surface area contributed by atoms with Gasteiger partial charge in [-0.15, -0.1) is 0 Å². The Balaban J connectivity index is 1.91. The van der Waals surface area contributed by atoms with Gasteiger partial charge in [0, 0.05) is 52.4 Å². The lowest BCUT2D eigenvalue weighted by Crippen LogP contribution is -2.50. The Bertz CT molecular complexity index is 618. The summed E-state index contributed by atoms with van der Waals surface area (Å²) in [4.78, 5) is 11.9. The smallest absolute Gasteiger partial charge is 0.387 e. The van der Waals surface area contributed by atoms with E-state index in [-0.39, 0.29) is 5.75 Å². The van der Waals surface area contributed by atoms with E-state index in [2.05, 4.69) is 33.7 Å². The Hall–Kier alpha value is -1.93. The summed E-state index contributed by atoms with van der Waals surface area (Å²) in [5.74, 6) is 1.02. The van der Waals surface area contributed by atoms with Crippen LogP contribution in [0, 0.1) is 0 Å². The van der Waals surface area contributed by atoms with Crippen molar-refractivity contribution in [2.24, 2.45) is 4.99 Å². The molecule has 0 saturated carbocycles. The van der Waals surface area contributed by atoms with Crippen LogP contribution in [0.15, 0.2) is 29.3 Å². The van der Waals surface area contributed by atoms with Crippen LogP contribution < -0.4 is 10.1 Å². The lowest BCUT2D eigenvalue weighted by atomic mass is 10.2. The predicted octanol–water partition coefficient (Wildman–Crippen LogP) is 2.71. The number of nitrogens with zero attached hydrogens (tertiary/aromatic N) is 4. The number of hydrogen-bond donors (Lipinski definition) is 1. The van der Waals surface area contributed by atoms with Gasteiger partial charge in [-0.05, 0) is 38.1 Å². The quantitative estimate of drug-likeness (QED) is 0.500. The van der Waals surface area contributed by atoms with Gasteiger partial charge in [0.1, 0.15) is 5.75 Å². The second-order valence-corrected chi connectivity index (χ2v) is 7.39. The van der Waals surface area contributed by atoms with Crippen LogP contribution >= 0.6 is 0 Å². The molecule has 0 aliphatic carbocycles. The molecule has 1 aliphatic heterocycles. The third-order valence-electron chi connectivity index (χ3n) is 5.25. The summed E-state index contributed by atoms with van der Waals surface area (Å²) in [7, 11) is 1.98. The molecule has 0 spiro atoms. The Morgan fingerprint density at radius 3 is 2.38 bits per heavy atom. The number of halogens is 2. The van der Waals surface area contributed by atoms with Crippen molar-refractivity contribution in [3.05, 3.63) is 29.8 Å². The first-order chi connectivity index (χ1) is 13.9. The zero-order valence-electron chi connectivity index (χ0n) is 18.1. The molecular weight excluding hydrogens is 376 g/mol. The van der Waals surface area contributed by atoms with Crippen LogP contribution in [0.1, 0.15) is 26.3 Å². The van der Waals surface area contributed by atoms with Crippen molar-refractivity contribution in [3.63, 3.8) is 0 Å². The minimum Gasteiger partial charge on any atom is -0.435 e. The number of benzene rings is 1. The van der Waals surface area contributed by atoms with E-state index in [1.165, 1.54) is 0 Å². The van der Waals surface area contributed by atoms with Gasteiger partial charge in [-0.3, -0.25) is 9.89 Å². The topological polar surface area (TPSA) is 43.3 Å².